The van der Waals surface area contributed by atoms with Gasteiger partial charge in [-0.3, -0.25) is 0 Å². The van der Waals surface area contributed by atoms with Crippen molar-refractivity contribution < 1.29 is 12.8 Å². The number of halogens is 1. The molecule has 7 heteroatoms. The number of benzene rings is 1. The molecular weight excluding hydrogens is 341 g/mol. The van der Waals surface area contributed by atoms with Crippen LogP contribution >= 0.6 is 22.7 Å². The van der Waals surface area contributed by atoms with Crippen molar-refractivity contribution in [2.24, 2.45) is 0 Å². The van der Waals surface area contributed by atoms with Gasteiger partial charge in [-0.25, -0.2) is 12.8 Å². The zero-order chi connectivity index (χ0) is 15.6. The predicted molar refractivity (Wildman–Crippen MR) is 87.2 cm³/mol. The lowest BCUT2D eigenvalue weighted by Crippen LogP contribution is -2.29. The third kappa shape index (κ3) is 3.12. The maximum atomic E-state index is 13.8. The van der Waals surface area contributed by atoms with Gasteiger partial charge in [0.15, 0.2) is 0 Å². The second-order valence-electron chi connectivity index (χ2n) is 4.56. The van der Waals surface area contributed by atoms with E-state index in [1.807, 2.05) is 34.3 Å². The third-order valence-electron chi connectivity index (χ3n) is 3.10. The first-order chi connectivity index (χ1) is 10.6. The van der Waals surface area contributed by atoms with Crippen molar-refractivity contribution in [2.45, 2.75) is 10.9 Å². The molecular formula is C15H12FNO2S3. The van der Waals surface area contributed by atoms with Crippen molar-refractivity contribution in [1.29, 1.82) is 0 Å². The van der Waals surface area contributed by atoms with Crippen LogP contribution in [-0.4, -0.2) is 8.42 Å². The van der Waals surface area contributed by atoms with E-state index in [2.05, 4.69) is 4.72 Å². The van der Waals surface area contributed by atoms with Gasteiger partial charge >= 0.3 is 0 Å². The first kappa shape index (κ1) is 15.4. The normalized spacial score (nSPS) is 13.1. The summed E-state index contributed by atoms with van der Waals surface area (Å²) in [6.07, 6.45) is 0. The Morgan fingerprint density at radius 1 is 1.05 bits per heavy atom. The van der Waals surface area contributed by atoms with Crippen molar-refractivity contribution in [3.63, 3.8) is 0 Å². The molecule has 0 aliphatic carbocycles. The molecule has 0 aliphatic heterocycles. The summed E-state index contributed by atoms with van der Waals surface area (Å²) in [6, 6.07) is 10.4. The SMILES string of the molecule is O=S(=O)(N[C@@H](c1ccsc1)c1cccs1)c1ccccc1F. The average Bonchev–Trinajstić information content (AvgIpc) is 3.19. The Morgan fingerprint density at radius 2 is 1.86 bits per heavy atom. The summed E-state index contributed by atoms with van der Waals surface area (Å²) < 4.78 is 41.4. The molecule has 3 nitrogen and oxygen atoms in total. The van der Waals surface area contributed by atoms with Crippen molar-refractivity contribution in [3.8, 4) is 0 Å². The number of hydrogen-bond acceptors (Lipinski definition) is 4. The fourth-order valence-electron chi connectivity index (χ4n) is 2.07. The highest BCUT2D eigenvalue weighted by Gasteiger charge is 2.25. The maximum absolute atomic E-state index is 13.8. The first-order valence-electron chi connectivity index (χ1n) is 6.40. The van der Waals surface area contributed by atoms with Crippen LogP contribution in [0.3, 0.4) is 0 Å². The smallest absolute Gasteiger partial charge is 0.207 e. The zero-order valence-corrected chi connectivity index (χ0v) is 13.7. The van der Waals surface area contributed by atoms with Crippen LogP contribution in [0.25, 0.3) is 0 Å². The third-order valence-corrected chi connectivity index (χ3v) is 6.20. The maximum Gasteiger partial charge on any atom is 0.244 e. The van der Waals surface area contributed by atoms with E-state index in [1.54, 1.807) is 0 Å². The van der Waals surface area contributed by atoms with Gasteiger partial charge in [-0.2, -0.15) is 16.1 Å². The number of nitrogens with one attached hydrogen (secondary N) is 1. The molecule has 1 aromatic carbocycles. The Balaban J connectivity index is 1.99. The van der Waals surface area contributed by atoms with Gasteiger partial charge in [-0.15, -0.1) is 11.3 Å². The van der Waals surface area contributed by atoms with E-state index < -0.39 is 21.9 Å². The van der Waals surface area contributed by atoms with Crippen molar-refractivity contribution in [1.82, 2.24) is 4.72 Å². The van der Waals surface area contributed by atoms with Gasteiger partial charge in [0.1, 0.15) is 10.7 Å². The van der Waals surface area contributed by atoms with Crippen LogP contribution in [0.5, 0.6) is 0 Å². The van der Waals surface area contributed by atoms with Crippen molar-refractivity contribution >= 4 is 32.7 Å². The van der Waals surface area contributed by atoms with Crippen LogP contribution in [0.2, 0.25) is 0 Å². The van der Waals surface area contributed by atoms with Gasteiger partial charge in [0, 0.05) is 4.88 Å². The summed E-state index contributed by atoms with van der Waals surface area (Å²) >= 11 is 2.94. The van der Waals surface area contributed by atoms with Gasteiger partial charge < -0.3 is 0 Å². The molecule has 0 saturated heterocycles. The molecule has 0 saturated carbocycles. The Kier molecular flexibility index (Phi) is 4.39. The highest BCUT2D eigenvalue weighted by molar-refractivity contribution is 7.89. The first-order valence-corrected chi connectivity index (χ1v) is 9.71. The molecule has 0 unspecified atom stereocenters. The highest BCUT2D eigenvalue weighted by Crippen LogP contribution is 2.29. The van der Waals surface area contributed by atoms with E-state index >= 15 is 0 Å². The Morgan fingerprint density at radius 3 is 2.50 bits per heavy atom. The molecule has 0 radical (unpaired) electrons. The van der Waals surface area contributed by atoms with Crippen LogP contribution in [0.1, 0.15) is 16.5 Å². The minimum atomic E-state index is -3.96. The van der Waals surface area contributed by atoms with E-state index in [4.69, 9.17) is 0 Å². The number of thiophene rings is 2. The standard InChI is InChI=1S/C15H12FNO2S3/c16-12-4-1-2-6-14(12)22(18,19)17-15(11-7-9-20-10-11)13-5-3-8-21-13/h1-10,15,17H/t15-/m0/s1. The monoisotopic (exact) mass is 353 g/mol. The fraction of sp³-hybridized carbons (Fsp3) is 0.0667. The predicted octanol–water partition coefficient (Wildman–Crippen LogP) is 4.02. The van der Waals surface area contributed by atoms with E-state index in [0.717, 1.165) is 16.5 Å². The van der Waals surface area contributed by atoms with Crippen LogP contribution in [-0.2, 0) is 10.0 Å². The molecule has 0 fully saturated rings. The number of sulfonamides is 1. The minimum absolute atomic E-state index is 0.341. The Labute approximate surface area is 136 Å². The molecule has 2 aromatic heterocycles. The van der Waals surface area contributed by atoms with Crippen LogP contribution in [0.15, 0.2) is 63.5 Å². The summed E-state index contributed by atoms with van der Waals surface area (Å²) in [5.74, 6) is -0.759. The lowest BCUT2D eigenvalue weighted by Gasteiger charge is -2.17. The molecule has 0 spiro atoms. The lowest BCUT2D eigenvalue weighted by molar-refractivity contribution is 0.551. The van der Waals surface area contributed by atoms with Gasteiger partial charge in [0.05, 0.1) is 6.04 Å². The van der Waals surface area contributed by atoms with Gasteiger partial charge in [0.2, 0.25) is 10.0 Å². The second-order valence-corrected chi connectivity index (χ2v) is 8.00. The van der Waals surface area contributed by atoms with Crippen LogP contribution in [0.4, 0.5) is 4.39 Å². The molecule has 1 N–H and O–H groups in total. The number of hydrogen-bond donors (Lipinski definition) is 1. The van der Waals surface area contributed by atoms with Gasteiger partial charge in [-0.05, 0) is 46.0 Å². The summed E-state index contributed by atoms with van der Waals surface area (Å²) in [7, 11) is -3.96. The average molecular weight is 353 g/mol. The highest BCUT2D eigenvalue weighted by atomic mass is 32.2. The second kappa shape index (κ2) is 6.29. The molecule has 22 heavy (non-hydrogen) atoms. The zero-order valence-electron chi connectivity index (χ0n) is 11.3. The van der Waals surface area contributed by atoms with Gasteiger partial charge in [-0.1, -0.05) is 18.2 Å². The molecule has 114 valence electrons. The fourth-order valence-corrected chi connectivity index (χ4v) is 4.91. The molecule has 0 amide bonds. The topological polar surface area (TPSA) is 46.2 Å². The van der Waals surface area contributed by atoms with E-state index in [0.29, 0.717) is 0 Å². The van der Waals surface area contributed by atoms with E-state index in [-0.39, 0.29) is 4.90 Å². The summed E-state index contributed by atoms with van der Waals surface area (Å²) in [5.41, 5.74) is 0.840. The van der Waals surface area contributed by atoms with Gasteiger partial charge in [0.25, 0.3) is 0 Å². The summed E-state index contributed by atoms with van der Waals surface area (Å²) in [4.78, 5) is 0.519. The van der Waals surface area contributed by atoms with Crippen molar-refractivity contribution in [2.75, 3.05) is 0 Å². The molecule has 0 aliphatic rings. The molecule has 1 atom stereocenters. The quantitative estimate of drug-likeness (QED) is 0.753. The van der Waals surface area contributed by atoms with Crippen LogP contribution in [0, 0.1) is 5.82 Å². The Bertz CT molecular complexity index is 809. The Hall–Kier alpha value is -1.54. The lowest BCUT2D eigenvalue weighted by atomic mass is 10.1. The largest absolute Gasteiger partial charge is 0.244 e. The molecule has 3 aromatic rings. The van der Waals surface area contributed by atoms with Crippen LogP contribution < -0.4 is 4.72 Å². The summed E-state index contributed by atoms with van der Waals surface area (Å²) in [5, 5.41) is 5.65. The minimum Gasteiger partial charge on any atom is -0.207 e. The van der Waals surface area contributed by atoms with E-state index in [1.165, 1.54) is 40.9 Å². The number of rotatable bonds is 5. The summed E-state index contributed by atoms with van der Waals surface area (Å²) in [6.45, 7) is 0. The molecule has 2 heterocycles. The van der Waals surface area contributed by atoms with Crippen molar-refractivity contribution in [3.05, 3.63) is 74.9 Å². The van der Waals surface area contributed by atoms with E-state index in [9.17, 15) is 12.8 Å². The molecule has 0 bridgehead atoms. The molecule has 3 rings (SSSR count).